The molecule has 2 aliphatic heterocycles. The van der Waals surface area contributed by atoms with Gasteiger partial charge in [-0.3, -0.25) is 9.78 Å². The van der Waals surface area contributed by atoms with E-state index in [1.165, 1.54) is 0 Å². The second-order valence-electron chi connectivity index (χ2n) is 7.10. The highest BCUT2D eigenvalue weighted by Gasteiger charge is 2.40. The molecule has 2 aromatic rings. The maximum absolute atomic E-state index is 13.1. The Morgan fingerprint density at radius 1 is 1.32 bits per heavy atom. The van der Waals surface area contributed by atoms with E-state index in [2.05, 4.69) is 17.2 Å². The van der Waals surface area contributed by atoms with Gasteiger partial charge in [0, 0.05) is 43.1 Å². The molecule has 1 aromatic carbocycles. The van der Waals surface area contributed by atoms with E-state index in [4.69, 9.17) is 10.00 Å². The molecule has 4 rings (SSSR count). The molecule has 2 atom stereocenters. The number of pyridine rings is 1. The highest BCUT2D eigenvalue weighted by atomic mass is 16.5. The Kier molecular flexibility index (Phi) is 4.68. The van der Waals surface area contributed by atoms with E-state index < -0.39 is 0 Å². The number of carbonyl (C=O) groups excluding carboxylic acids is 1. The Labute approximate surface area is 163 Å². The van der Waals surface area contributed by atoms with Gasteiger partial charge in [0.2, 0.25) is 0 Å². The van der Waals surface area contributed by atoms with Crippen LogP contribution in [0.25, 0.3) is 11.3 Å². The molecule has 0 saturated carbocycles. The lowest BCUT2D eigenvalue weighted by Gasteiger charge is -2.22. The van der Waals surface area contributed by atoms with Gasteiger partial charge in [0.25, 0.3) is 5.91 Å². The van der Waals surface area contributed by atoms with E-state index in [1.54, 1.807) is 36.4 Å². The Morgan fingerprint density at radius 3 is 2.93 bits per heavy atom. The summed E-state index contributed by atoms with van der Waals surface area (Å²) in [7, 11) is 1.62. The van der Waals surface area contributed by atoms with Crippen molar-refractivity contribution in [1.82, 2.24) is 14.8 Å². The molecule has 1 amide bonds. The van der Waals surface area contributed by atoms with Gasteiger partial charge < -0.3 is 14.5 Å². The van der Waals surface area contributed by atoms with Crippen LogP contribution in [0.5, 0.6) is 0 Å². The predicted molar refractivity (Wildman–Crippen MR) is 101 cm³/mol. The maximum atomic E-state index is 13.1. The SMILES string of the molecule is COC[C@@H]1C[C@@H](N2Cc3cnc(-c4cccc(C#N)c4)cc3C2=O)CN1C#N. The van der Waals surface area contributed by atoms with Crippen molar-refractivity contribution in [3.05, 3.63) is 53.2 Å². The second-order valence-corrected chi connectivity index (χ2v) is 7.10. The first kappa shape index (κ1) is 18.0. The summed E-state index contributed by atoms with van der Waals surface area (Å²) in [6.45, 7) is 1.50. The van der Waals surface area contributed by atoms with Crippen LogP contribution in [0.3, 0.4) is 0 Å². The number of methoxy groups -OCH3 is 1. The van der Waals surface area contributed by atoms with Crippen molar-refractivity contribution in [3.63, 3.8) is 0 Å². The van der Waals surface area contributed by atoms with Gasteiger partial charge in [-0.25, -0.2) is 0 Å². The van der Waals surface area contributed by atoms with Crippen molar-refractivity contribution in [2.75, 3.05) is 20.3 Å². The number of carbonyl (C=O) groups is 1. The number of hydrogen-bond donors (Lipinski definition) is 0. The van der Waals surface area contributed by atoms with Gasteiger partial charge in [-0.15, -0.1) is 0 Å². The zero-order chi connectivity index (χ0) is 19.7. The molecule has 0 N–H and O–H groups in total. The monoisotopic (exact) mass is 373 g/mol. The fourth-order valence-corrected chi connectivity index (χ4v) is 4.01. The molecule has 0 unspecified atom stereocenters. The fourth-order valence-electron chi connectivity index (χ4n) is 4.01. The summed E-state index contributed by atoms with van der Waals surface area (Å²) in [5, 5.41) is 18.4. The number of ether oxygens (including phenoxy) is 1. The average Bonchev–Trinajstić information content (AvgIpc) is 3.28. The van der Waals surface area contributed by atoms with Gasteiger partial charge in [-0.05, 0) is 24.6 Å². The van der Waals surface area contributed by atoms with Gasteiger partial charge in [0.15, 0.2) is 6.19 Å². The highest BCUT2D eigenvalue weighted by molar-refractivity contribution is 5.99. The molecule has 2 aliphatic rings. The second kappa shape index (κ2) is 7.30. The number of benzene rings is 1. The zero-order valence-electron chi connectivity index (χ0n) is 15.5. The Balaban J connectivity index is 1.58. The highest BCUT2D eigenvalue weighted by Crippen LogP contribution is 2.32. The van der Waals surface area contributed by atoms with Crippen LogP contribution in [0.1, 0.15) is 27.9 Å². The lowest BCUT2D eigenvalue weighted by atomic mass is 10.0. The summed E-state index contributed by atoms with van der Waals surface area (Å²) in [4.78, 5) is 21.1. The first-order chi connectivity index (χ1) is 13.6. The van der Waals surface area contributed by atoms with Crippen LogP contribution in [0, 0.1) is 22.8 Å². The molecular formula is C21H19N5O2. The number of hydrogen-bond acceptors (Lipinski definition) is 6. The Hall–Kier alpha value is -3.42. The molecule has 28 heavy (non-hydrogen) atoms. The van der Waals surface area contributed by atoms with Crippen LogP contribution in [0.2, 0.25) is 0 Å². The van der Waals surface area contributed by atoms with Gasteiger partial charge in [-0.2, -0.15) is 10.5 Å². The van der Waals surface area contributed by atoms with Gasteiger partial charge in [0.1, 0.15) is 0 Å². The van der Waals surface area contributed by atoms with Crippen molar-refractivity contribution < 1.29 is 9.53 Å². The van der Waals surface area contributed by atoms with Crippen molar-refractivity contribution in [1.29, 1.82) is 10.5 Å². The molecule has 140 valence electrons. The van der Waals surface area contributed by atoms with Crippen LogP contribution >= 0.6 is 0 Å². The third-order valence-electron chi connectivity index (χ3n) is 5.43. The number of nitriles is 2. The molecule has 0 aliphatic carbocycles. The molecule has 1 fully saturated rings. The van der Waals surface area contributed by atoms with E-state index in [0.717, 1.165) is 11.1 Å². The van der Waals surface area contributed by atoms with E-state index in [1.807, 2.05) is 17.0 Å². The summed E-state index contributed by atoms with van der Waals surface area (Å²) in [5.74, 6) is -0.0314. The number of likely N-dealkylation sites (tertiary alicyclic amines) is 1. The first-order valence-electron chi connectivity index (χ1n) is 9.10. The normalized spacial score (nSPS) is 20.8. The number of rotatable bonds is 4. The lowest BCUT2D eigenvalue weighted by molar-refractivity contribution is 0.0710. The minimum atomic E-state index is -0.0314. The fraction of sp³-hybridized carbons (Fsp3) is 0.333. The Morgan fingerprint density at radius 2 is 2.18 bits per heavy atom. The minimum Gasteiger partial charge on any atom is -0.383 e. The molecule has 3 heterocycles. The van der Waals surface area contributed by atoms with Crippen LogP contribution in [-0.4, -0.2) is 53.0 Å². The summed E-state index contributed by atoms with van der Waals surface area (Å²) in [6.07, 6.45) is 4.66. The average molecular weight is 373 g/mol. The van der Waals surface area contributed by atoms with Crippen LogP contribution in [-0.2, 0) is 11.3 Å². The maximum Gasteiger partial charge on any atom is 0.254 e. The predicted octanol–water partition coefficient (Wildman–Crippen LogP) is 2.15. The topological polar surface area (TPSA) is 93.2 Å². The zero-order valence-corrected chi connectivity index (χ0v) is 15.5. The standard InChI is InChI=1S/C21H19N5O2/c1-28-12-18-6-17(11-25(18)13-23)26-10-16-9-24-20(7-19(16)21(26)27)15-4-2-3-14(5-15)8-22/h2-5,7,9,17-18H,6,10-12H2,1H3/t17-,18+/m1/s1. The lowest BCUT2D eigenvalue weighted by Crippen LogP contribution is -2.37. The van der Waals surface area contributed by atoms with E-state index in [0.29, 0.717) is 42.9 Å². The quantitative estimate of drug-likeness (QED) is 0.763. The van der Waals surface area contributed by atoms with Gasteiger partial charge in [0.05, 0.1) is 36.0 Å². The third-order valence-corrected chi connectivity index (χ3v) is 5.43. The molecular weight excluding hydrogens is 354 g/mol. The molecule has 7 heteroatoms. The molecule has 0 radical (unpaired) electrons. The van der Waals surface area contributed by atoms with Crippen LogP contribution in [0.4, 0.5) is 0 Å². The van der Waals surface area contributed by atoms with Crippen molar-refractivity contribution in [2.24, 2.45) is 0 Å². The first-order valence-corrected chi connectivity index (χ1v) is 9.10. The van der Waals surface area contributed by atoms with Crippen molar-refractivity contribution in [3.8, 4) is 23.5 Å². The third kappa shape index (κ3) is 3.06. The minimum absolute atomic E-state index is 0.00100. The largest absolute Gasteiger partial charge is 0.383 e. The van der Waals surface area contributed by atoms with Crippen LogP contribution < -0.4 is 0 Å². The summed E-state index contributed by atoms with van der Waals surface area (Å²) in [5.41, 5.74) is 3.58. The molecule has 0 spiro atoms. The summed E-state index contributed by atoms with van der Waals surface area (Å²) < 4.78 is 5.21. The van der Waals surface area contributed by atoms with Gasteiger partial charge >= 0.3 is 0 Å². The van der Waals surface area contributed by atoms with Crippen LogP contribution in [0.15, 0.2) is 36.5 Å². The molecule has 1 saturated heterocycles. The number of nitrogens with zero attached hydrogens (tertiary/aromatic N) is 5. The molecule has 7 nitrogen and oxygen atoms in total. The smallest absolute Gasteiger partial charge is 0.254 e. The van der Waals surface area contributed by atoms with E-state index in [-0.39, 0.29) is 18.0 Å². The van der Waals surface area contributed by atoms with Crippen molar-refractivity contribution >= 4 is 5.91 Å². The summed E-state index contributed by atoms with van der Waals surface area (Å²) >= 11 is 0. The Bertz CT molecular complexity index is 1010. The van der Waals surface area contributed by atoms with Gasteiger partial charge in [-0.1, -0.05) is 12.1 Å². The number of amides is 1. The summed E-state index contributed by atoms with van der Waals surface area (Å²) in [6, 6.07) is 11.1. The molecule has 0 bridgehead atoms. The number of aromatic nitrogens is 1. The number of fused-ring (bicyclic) bond motifs is 1. The van der Waals surface area contributed by atoms with E-state index in [9.17, 15) is 10.1 Å². The van der Waals surface area contributed by atoms with Crippen molar-refractivity contribution in [2.45, 2.75) is 25.0 Å². The molecule has 1 aromatic heterocycles. The van der Waals surface area contributed by atoms with E-state index >= 15 is 0 Å².